The van der Waals surface area contributed by atoms with Crippen molar-refractivity contribution in [3.63, 3.8) is 0 Å². The van der Waals surface area contributed by atoms with Crippen LogP contribution in [-0.2, 0) is 6.18 Å². The number of piperazine rings is 1. The van der Waals surface area contributed by atoms with Crippen LogP contribution in [0.15, 0.2) is 24.3 Å². The number of hydrogen-bond acceptors (Lipinski definition) is 2. The minimum Gasteiger partial charge on any atom is -0.369 e. The largest absolute Gasteiger partial charge is 0.416 e. The second kappa shape index (κ2) is 6.44. The van der Waals surface area contributed by atoms with Crippen LogP contribution >= 0.6 is 12.4 Å². The predicted octanol–water partition coefficient (Wildman–Crippen LogP) is 3.66. The van der Waals surface area contributed by atoms with Gasteiger partial charge < -0.3 is 4.90 Å². The van der Waals surface area contributed by atoms with Crippen LogP contribution in [0.1, 0.15) is 18.4 Å². The first kappa shape index (κ1) is 16.4. The van der Waals surface area contributed by atoms with Gasteiger partial charge in [0.2, 0.25) is 0 Å². The van der Waals surface area contributed by atoms with Crippen LogP contribution in [-0.4, -0.2) is 37.6 Å². The Bertz CT molecular complexity index is 466. The third kappa shape index (κ3) is 4.27. The topological polar surface area (TPSA) is 6.48 Å². The van der Waals surface area contributed by atoms with E-state index in [4.69, 9.17) is 0 Å². The molecule has 118 valence electrons. The maximum atomic E-state index is 12.7. The zero-order valence-corrected chi connectivity index (χ0v) is 12.6. The van der Waals surface area contributed by atoms with Crippen molar-refractivity contribution in [2.75, 3.05) is 37.6 Å². The van der Waals surface area contributed by atoms with Gasteiger partial charge in [-0.1, -0.05) is 6.07 Å². The second-order valence-electron chi connectivity index (χ2n) is 5.78. The van der Waals surface area contributed by atoms with E-state index in [0.29, 0.717) is 5.69 Å². The molecule has 6 heteroatoms. The van der Waals surface area contributed by atoms with Crippen molar-refractivity contribution in [1.29, 1.82) is 0 Å². The SMILES string of the molecule is Cl.FC(F)(F)c1cccc(N2CCN(CC3CC3)CC2)c1. The molecule has 1 aromatic carbocycles. The molecule has 0 amide bonds. The molecule has 2 fully saturated rings. The quantitative estimate of drug-likeness (QED) is 0.838. The number of halogens is 4. The molecule has 0 radical (unpaired) electrons. The Morgan fingerprint density at radius 1 is 1.05 bits per heavy atom. The van der Waals surface area contributed by atoms with E-state index in [2.05, 4.69) is 9.80 Å². The highest BCUT2D eigenvalue weighted by Gasteiger charge is 2.31. The summed E-state index contributed by atoms with van der Waals surface area (Å²) in [6.07, 6.45) is -1.58. The van der Waals surface area contributed by atoms with Gasteiger partial charge in [0.25, 0.3) is 0 Å². The number of alkyl halides is 3. The standard InChI is InChI=1S/C15H19F3N2.ClH/c16-15(17,18)13-2-1-3-14(10-13)20-8-6-19(7-9-20)11-12-4-5-12;/h1-3,10,12H,4-9,11H2;1H. The first-order valence-electron chi connectivity index (χ1n) is 7.17. The first-order chi connectivity index (χ1) is 9.52. The minimum atomic E-state index is -4.26. The monoisotopic (exact) mass is 320 g/mol. The Morgan fingerprint density at radius 2 is 1.71 bits per heavy atom. The average molecular weight is 321 g/mol. The van der Waals surface area contributed by atoms with Crippen LogP contribution in [0.5, 0.6) is 0 Å². The van der Waals surface area contributed by atoms with Crippen molar-refractivity contribution >= 4 is 18.1 Å². The number of hydrogen-bond donors (Lipinski definition) is 0. The van der Waals surface area contributed by atoms with Crippen LogP contribution in [0, 0.1) is 5.92 Å². The molecule has 0 bridgehead atoms. The van der Waals surface area contributed by atoms with Crippen molar-refractivity contribution in [1.82, 2.24) is 4.90 Å². The summed E-state index contributed by atoms with van der Waals surface area (Å²) in [7, 11) is 0. The Morgan fingerprint density at radius 3 is 2.29 bits per heavy atom. The molecule has 1 aromatic rings. The highest BCUT2D eigenvalue weighted by atomic mass is 35.5. The second-order valence-corrected chi connectivity index (χ2v) is 5.78. The van der Waals surface area contributed by atoms with Gasteiger partial charge in [-0.3, -0.25) is 4.90 Å². The van der Waals surface area contributed by atoms with Crippen molar-refractivity contribution in [2.24, 2.45) is 5.92 Å². The summed E-state index contributed by atoms with van der Waals surface area (Å²) in [6, 6.07) is 5.66. The van der Waals surface area contributed by atoms with Gasteiger partial charge in [0, 0.05) is 38.4 Å². The van der Waals surface area contributed by atoms with Crippen LogP contribution in [0.4, 0.5) is 18.9 Å². The molecule has 2 aliphatic rings. The third-order valence-corrected chi connectivity index (χ3v) is 4.12. The van der Waals surface area contributed by atoms with Crippen LogP contribution in [0.2, 0.25) is 0 Å². The van der Waals surface area contributed by atoms with Crippen LogP contribution in [0.3, 0.4) is 0 Å². The van der Waals surface area contributed by atoms with E-state index < -0.39 is 11.7 Å². The molecular weight excluding hydrogens is 301 g/mol. The van der Waals surface area contributed by atoms with E-state index in [1.807, 2.05) is 0 Å². The Balaban J connectivity index is 0.00000161. The van der Waals surface area contributed by atoms with Crippen molar-refractivity contribution in [3.8, 4) is 0 Å². The average Bonchev–Trinajstić information content (AvgIpc) is 3.23. The van der Waals surface area contributed by atoms with E-state index >= 15 is 0 Å². The van der Waals surface area contributed by atoms with E-state index in [0.717, 1.165) is 44.7 Å². The Labute approximate surface area is 129 Å². The fourth-order valence-electron chi connectivity index (χ4n) is 2.73. The molecule has 2 nitrogen and oxygen atoms in total. The summed E-state index contributed by atoms with van der Waals surface area (Å²) in [5.74, 6) is 0.870. The van der Waals surface area contributed by atoms with Gasteiger partial charge in [0.15, 0.2) is 0 Å². The molecule has 1 aliphatic heterocycles. The smallest absolute Gasteiger partial charge is 0.369 e. The zero-order valence-electron chi connectivity index (χ0n) is 11.8. The maximum Gasteiger partial charge on any atom is 0.416 e. The van der Waals surface area contributed by atoms with Crippen molar-refractivity contribution in [3.05, 3.63) is 29.8 Å². The molecule has 1 saturated heterocycles. The van der Waals surface area contributed by atoms with Crippen LogP contribution < -0.4 is 4.90 Å². The number of nitrogens with zero attached hydrogens (tertiary/aromatic N) is 2. The highest BCUT2D eigenvalue weighted by Crippen LogP contribution is 2.32. The Kier molecular flexibility index (Phi) is 5.04. The molecule has 0 spiro atoms. The lowest BCUT2D eigenvalue weighted by atomic mass is 10.1. The normalized spacial score (nSPS) is 20.2. The van der Waals surface area contributed by atoms with Gasteiger partial charge in [-0.25, -0.2) is 0 Å². The summed E-state index contributed by atoms with van der Waals surface area (Å²) in [5.41, 5.74) is 0.126. The highest BCUT2D eigenvalue weighted by molar-refractivity contribution is 5.85. The Hall–Kier alpha value is -0.940. The maximum absolute atomic E-state index is 12.7. The summed E-state index contributed by atoms with van der Waals surface area (Å²) >= 11 is 0. The number of anilines is 1. The van der Waals surface area contributed by atoms with Gasteiger partial charge in [0.05, 0.1) is 5.56 Å². The van der Waals surface area contributed by atoms with Crippen molar-refractivity contribution in [2.45, 2.75) is 19.0 Å². The molecule has 0 N–H and O–H groups in total. The molecule has 0 aromatic heterocycles. The lowest BCUT2D eigenvalue weighted by Crippen LogP contribution is -2.47. The van der Waals surface area contributed by atoms with Gasteiger partial charge in [-0.2, -0.15) is 13.2 Å². The molecule has 0 unspecified atom stereocenters. The molecule has 0 atom stereocenters. The lowest BCUT2D eigenvalue weighted by Gasteiger charge is -2.36. The van der Waals surface area contributed by atoms with Gasteiger partial charge >= 0.3 is 6.18 Å². The minimum absolute atomic E-state index is 0. The summed E-state index contributed by atoms with van der Waals surface area (Å²) in [4.78, 5) is 4.49. The molecule has 1 saturated carbocycles. The van der Waals surface area contributed by atoms with E-state index in [9.17, 15) is 13.2 Å². The van der Waals surface area contributed by atoms with Gasteiger partial charge in [-0.15, -0.1) is 12.4 Å². The molecular formula is C15H20ClF3N2. The van der Waals surface area contributed by atoms with Crippen LogP contribution in [0.25, 0.3) is 0 Å². The number of benzene rings is 1. The molecule has 21 heavy (non-hydrogen) atoms. The summed E-state index contributed by atoms with van der Waals surface area (Å²) < 4.78 is 38.2. The molecule has 1 aliphatic carbocycles. The van der Waals surface area contributed by atoms with Gasteiger partial charge in [-0.05, 0) is 37.0 Å². The fraction of sp³-hybridized carbons (Fsp3) is 0.600. The lowest BCUT2D eigenvalue weighted by molar-refractivity contribution is -0.137. The number of rotatable bonds is 3. The molecule has 1 heterocycles. The van der Waals surface area contributed by atoms with Crippen molar-refractivity contribution < 1.29 is 13.2 Å². The summed E-state index contributed by atoms with van der Waals surface area (Å²) in [6.45, 7) is 4.69. The zero-order chi connectivity index (χ0) is 14.2. The fourth-order valence-corrected chi connectivity index (χ4v) is 2.73. The predicted molar refractivity (Wildman–Crippen MR) is 80.1 cm³/mol. The van der Waals surface area contributed by atoms with E-state index in [1.54, 1.807) is 6.07 Å². The van der Waals surface area contributed by atoms with Gasteiger partial charge in [0.1, 0.15) is 0 Å². The van der Waals surface area contributed by atoms with E-state index in [1.165, 1.54) is 25.0 Å². The third-order valence-electron chi connectivity index (χ3n) is 4.12. The summed E-state index contributed by atoms with van der Waals surface area (Å²) in [5, 5.41) is 0. The molecule has 3 rings (SSSR count). The first-order valence-corrected chi connectivity index (χ1v) is 7.17. The van der Waals surface area contributed by atoms with E-state index in [-0.39, 0.29) is 12.4 Å².